The van der Waals surface area contributed by atoms with Crippen LogP contribution < -0.4 is 5.32 Å². The number of anilines is 1. The molecule has 28 heavy (non-hydrogen) atoms. The fourth-order valence-corrected chi connectivity index (χ4v) is 3.82. The van der Waals surface area contributed by atoms with E-state index in [-0.39, 0.29) is 28.0 Å². The first kappa shape index (κ1) is 19.8. The predicted molar refractivity (Wildman–Crippen MR) is 113 cm³/mol. The number of thiocarbonyl (C=S) groups is 1. The number of carboxylic acids is 1. The molecule has 0 unspecified atom stereocenters. The summed E-state index contributed by atoms with van der Waals surface area (Å²) >= 11 is 6.37. The molecule has 1 aliphatic rings. The number of aromatic carboxylic acids is 1. The Bertz CT molecular complexity index is 1000. The van der Waals surface area contributed by atoms with Gasteiger partial charge in [0.05, 0.1) is 16.2 Å². The summed E-state index contributed by atoms with van der Waals surface area (Å²) in [4.78, 5) is 37.9. The number of carbonyl (C=O) groups excluding carboxylic acids is 2. The summed E-state index contributed by atoms with van der Waals surface area (Å²) in [6.45, 7) is 1.69. The van der Waals surface area contributed by atoms with E-state index in [9.17, 15) is 19.5 Å². The van der Waals surface area contributed by atoms with Gasteiger partial charge in [0, 0.05) is 0 Å². The van der Waals surface area contributed by atoms with E-state index in [2.05, 4.69) is 5.32 Å². The third kappa shape index (κ3) is 4.47. The topological polar surface area (TPSA) is 86.7 Å². The Hall–Kier alpha value is -2.97. The summed E-state index contributed by atoms with van der Waals surface area (Å²) in [5.41, 5.74) is 2.12. The lowest BCUT2D eigenvalue weighted by molar-refractivity contribution is -0.126. The second-order valence-corrected chi connectivity index (χ2v) is 7.75. The second-order valence-electron chi connectivity index (χ2n) is 6.08. The fourth-order valence-electron chi connectivity index (χ4n) is 2.56. The summed E-state index contributed by atoms with van der Waals surface area (Å²) in [6.07, 6.45) is 1.73. The van der Waals surface area contributed by atoms with Crippen molar-refractivity contribution in [2.24, 2.45) is 0 Å². The normalized spacial score (nSPS) is 15.2. The second kappa shape index (κ2) is 8.37. The highest BCUT2D eigenvalue weighted by Gasteiger charge is 2.33. The monoisotopic (exact) mass is 412 g/mol. The standard InChI is InChI=1S/C20H16N2O4S2/c1-12-6-8-13(9-7-12)10-16-18(24)22(20(27)28-16)11-17(23)21-15-5-3-2-4-14(15)19(25)26/h2-10H,11H2,1H3,(H,21,23)(H,25,26). The number of nitrogens with zero attached hydrogens (tertiary/aromatic N) is 1. The third-order valence-electron chi connectivity index (χ3n) is 3.98. The van der Waals surface area contributed by atoms with Crippen LogP contribution in [0.5, 0.6) is 0 Å². The van der Waals surface area contributed by atoms with Crippen LogP contribution in [0.15, 0.2) is 53.4 Å². The van der Waals surface area contributed by atoms with Crippen LogP contribution in [0, 0.1) is 6.92 Å². The molecule has 142 valence electrons. The average Bonchev–Trinajstić information content (AvgIpc) is 2.91. The Labute approximate surface area is 171 Å². The minimum atomic E-state index is -1.15. The van der Waals surface area contributed by atoms with E-state index < -0.39 is 11.9 Å². The minimum absolute atomic E-state index is 0.0273. The summed E-state index contributed by atoms with van der Waals surface area (Å²) < 4.78 is 0.282. The van der Waals surface area contributed by atoms with Crippen LogP contribution in [0.3, 0.4) is 0 Å². The maximum absolute atomic E-state index is 12.6. The molecule has 1 heterocycles. The van der Waals surface area contributed by atoms with Crippen molar-refractivity contribution >= 4 is 57.8 Å². The summed E-state index contributed by atoms with van der Waals surface area (Å²) in [7, 11) is 0. The van der Waals surface area contributed by atoms with E-state index in [4.69, 9.17) is 12.2 Å². The molecule has 2 amide bonds. The number of nitrogens with one attached hydrogen (secondary N) is 1. The zero-order valence-corrected chi connectivity index (χ0v) is 16.5. The summed E-state index contributed by atoms with van der Waals surface area (Å²) in [5, 5.41) is 11.7. The van der Waals surface area contributed by atoms with Crippen LogP contribution in [0.1, 0.15) is 21.5 Å². The number of aryl methyl sites for hydroxylation is 1. The Morgan fingerprint density at radius 1 is 1.18 bits per heavy atom. The summed E-state index contributed by atoms with van der Waals surface area (Å²) in [6, 6.07) is 13.8. The molecule has 6 nitrogen and oxygen atoms in total. The van der Waals surface area contributed by atoms with Crippen molar-refractivity contribution in [3.63, 3.8) is 0 Å². The van der Waals surface area contributed by atoms with Crippen molar-refractivity contribution in [2.75, 3.05) is 11.9 Å². The maximum atomic E-state index is 12.6. The van der Waals surface area contributed by atoms with Crippen LogP contribution in [-0.4, -0.2) is 38.7 Å². The highest BCUT2D eigenvalue weighted by molar-refractivity contribution is 8.26. The molecular weight excluding hydrogens is 396 g/mol. The van der Waals surface area contributed by atoms with Gasteiger partial charge in [-0.15, -0.1) is 0 Å². The molecule has 1 aliphatic heterocycles. The highest BCUT2D eigenvalue weighted by Crippen LogP contribution is 2.32. The Balaban J connectivity index is 1.71. The summed E-state index contributed by atoms with van der Waals surface area (Å²) in [5.74, 6) is -2.03. The quantitative estimate of drug-likeness (QED) is 0.577. The molecule has 0 aliphatic carbocycles. The molecular formula is C20H16N2O4S2. The SMILES string of the molecule is Cc1ccc(C=C2SC(=S)N(CC(=O)Nc3ccccc3C(=O)O)C2=O)cc1. The van der Waals surface area contributed by atoms with Crippen LogP contribution in [0.4, 0.5) is 5.69 Å². The van der Waals surface area contributed by atoms with Crippen LogP contribution in [-0.2, 0) is 9.59 Å². The number of rotatable bonds is 5. The zero-order chi connectivity index (χ0) is 20.3. The Kier molecular flexibility index (Phi) is 5.91. The van der Waals surface area contributed by atoms with Gasteiger partial charge in [0.15, 0.2) is 0 Å². The van der Waals surface area contributed by atoms with Gasteiger partial charge in [0.25, 0.3) is 5.91 Å². The lowest BCUT2D eigenvalue weighted by Gasteiger charge is -2.15. The van der Waals surface area contributed by atoms with E-state index in [1.54, 1.807) is 18.2 Å². The van der Waals surface area contributed by atoms with E-state index in [0.29, 0.717) is 4.91 Å². The number of amides is 2. The molecule has 0 atom stereocenters. The molecule has 0 bridgehead atoms. The van der Waals surface area contributed by atoms with Crippen molar-refractivity contribution in [3.05, 3.63) is 70.1 Å². The lowest BCUT2D eigenvalue weighted by atomic mass is 10.1. The van der Waals surface area contributed by atoms with Crippen molar-refractivity contribution in [2.45, 2.75) is 6.92 Å². The van der Waals surface area contributed by atoms with Crippen LogP contribution in [0.25, 0.3) is 6.08 Å². The number of thioether (sulfide) groups is 1. The van der Waals surface area contributed by atoms with E-state index >= 15 is 0 Å². The van der Waals surface area contributed by atoms with Gasteiger partial charge in [-0.2, -0.15) is 0 Å². The largest absolute Gasteiger partial charge is 0.478 e. The van der Waals surface area contributed by atoms with Gasteiger partial charge in [-0.25, -0.2) is 4.79 Å². The van der Waals surface area contributed by atoms with Crippen molar-refractivity contribution in [1.29, 1.82) is 0 Å². The number of hydrogen-bond acceptors (Lipinski definition) is 5. The van der Waals surface area contributed by atoms with Gasteiger partial charge < -0.3 is 10.4 Å². The van der Waals surface area contributed by atoms with E-state index in [0.717, 1.165) is 22.9 Å². The van der Waals surface area contributed by atoms with Crippen molar-refractivity contribution < 1.29 is 19.5 Å². The Morgan fingerprint density at radius 3 is 2.54 bits per heavy atom. The van der Waals surface area contributed by atoms with Gasteiger partial charge >= 0.3 is 5.97 Å². The number of carboxylic acid groups (broad SMARTS) is 1. The molecule has 1 fully saturated rings. The van der Waals surface area contributed by atoms with Crippen LogP contribution in [0.2, 0.25) is 0 Å². The number of carbonyl (C=O) groups is 3. The molecule has 8 heteroatoms. The number of para-hydroxylation sites is 1. The van der Waals surface area contributed by atoms with Gasteiger partial charge in [-0.3, -0.25) is 14.5 Å². The molecule has 2 N–H and O–H groups in total. The van der Waals surface area contributed by atoms with E-state index in [1.807, 2.05) is 31.2 Å². The molecule has 0 spiro atoms. The first-order chi connectivity index (χ1) is 13.3. The van der Waals surface area contributed by atoms with Gasteiger partial charge in [-0.05, 0) is 30.7 Å². The van der Waals surface area contributed by atoms with Crippen molar-refractivity contribution in [1.82, 2.24) is 4.90 Å². The molecule has 0 radical (unpaired) electrons. The Morgan fingerprint density at radius 2 is 1.86 bits per heavy atom. The fraction of sp³-hybridized carbons (Fsp3) is 0.100. The zero-order valence-electron chi connectivity index (χ0n) is 14.8. The minimum Gasteiger partial charge on any atom is -0.478 e. The molecule has 0 saturated carbocycles. The number of hydrogen-bond donors (Lipinski definition) is 2. The smallest absolute Gasteiger partial charge is 0.337 e. The molecule has 0 aromatic heterocycles. The third-order valence-corrected chi connectivity index (χ3v) is 5.36. The van der Waals surface area contributed by atoms with Crippen molar-refractivity contribution in [3.8, 4) is 0 Å². The molecule has 1 saturated heterocycles. The predicted octanol–water partition coefficient (Wildman–Crippen LogP) is 3.53. The van der Waals surface area contributed by atoms with Gasteiger partial charge in [-0.1, -0.05) is 65.9 Å². The average molecular weight is 412 g/mol. The van der Waals surface area contributed by atoms with E-state index in [1.165, 1.54) is 17.0 Å². The van der Waals surface area contributed by atoms with Gasteiger partial charge in [0.2, 0.25) is 5.91 Å². The highest BCUT2D eigenvalue weighted by atomic mass is 32.2. The molecule has 2 aromatic carbocycles. The maximum Gasteiger partial charge on any atom is 0.337 e. The number of benzene rings is 2. The first-order valence-corrected chi connectivity index (χ1v) is 9.52. The molecule has 2 aromatic rings. The van der Waals surface area contributed by atoms with Gasteiger partial charge in [0.1, 0.15) is 10.9 Å². The first-order valence-electron chi connectivity index (χ1n) is 8.29. The lowest BCUT2D eigenvalue weighted by Crippen LogP contribution is -2.36. The molecule has 3 rings (SSSR count). The van der Waals surface area contributed by atoms with Crippen LogP contribution >= 0.6 is 24.0 Å².